The van der Waals surface area contributed by atoms with E-state index < -0.39 is 12.2 Å². The maximum absolute atomic E-state index is 11.2. The summed E-state index contributed by atoms with van der Waals surface area (Å²) in [5, 5.41) is 3.45. The Bertz CT molecular complexity index is 592. The van der Waals surface area contributed by atoms with Crippen molar-refractivity contribution >= 4 is 5.97 Å². The third-order valence-corrected chi connectivity index (χ3v) is 4.07. The number of methoxy groups -OCH3 is 1. The molecule has 0 spiro atoms. The van der Waals surface area contributed by atoms with Crippen molar-refractivity contribution in [1.29, 1.82) is 0 Å². The molecule has 0 N–H and O–H groups in total. The SMILES string of the molecule is C=C(C)C(=O)OCCOCCOCCOCCOCCOCCOCCOCCOC(COC)N=[N+]=[N-]. The lowest BCUT2D eigenvalue weighted by atomic mass is 10.4. The van der Waals surface area contributed by atoms with Gasteiger partial charge >= 0.3 is 5.97 Å². The highest BCUT2D eigenvalue weighted by atomic mass is 16.6. The van der Waals surface area contributed by atoms with E-state index in [-0.39, 0.29) is 13.2 Å². The highest BCUT2D eigenvalue weighted by molar-refractivity contribution is 5.86. The van der Waals surface area contributed by atoms with E-state index in [9.17, 15) is 4.79 Å². The van der Waals surface area contributed by atoms with Crippen LogP contribution in [0, 0.1) is 0 Å². The van der Waals surface area contributed by atoms with Crippen LogP contribution < -0.4 is 0 Å². The molecule has 0 amide bonds. The summed E-state index contributed by atoms with van der Waals surface area (Å²) >= 11 is 0. The molecule has 0 aliphatic heterocycles. The molecule has 14 nitrogen and oxygen atoms in total. The van der Waals surface area contributed by atoms with Gasteiger partial charge in [0.15, 0.2) is 6.23 Å². The number of esters is 1. The fourth-order valence-corrected chi connectivity index (χ4v) is 2.30. The minimum absolute atomic E-state index is 0.194. The van der Waals surface area contributed by atoms with Crippen molar-refractivity contribution in [2.45, 2.75) is 13.2 Å². The summed E-state index contributed by atoms with van der Waals surface area (Å²) in [6.07, 6.45) is -0.653. The van der Waals surface area contributed by atoms with Gasteiger partial charge in [-0.1, -0.05) is 11.7 Å². The Morgan fingerprint density at radius 3 is 1.38 bits per heavy atom. The number of nitrogens with zero attached hydrogens (tertiary/aromatic N) is 3. The summed E-state index contributed by atoms with van der Waals surface area (Å²) in [5.74, 6) is -0.417. The van der Waals surface area contributed by atoms with Crippen molar-refractivity contribution in [2.24, 2.45) is 5.11 Å². The van der Waals surface area contributed by atoms with Crippen LogP contribution in [0.2, 0.25) is 0 Å². The summed E-state index contributed by atoms with van der Waals surface area (Å²) < 4.78 is 52.7. The molecule has 37 heavy (non-hydrogen) atoms. The zero-order valence-electron chi connectivity index (χ0n) is 22.1. The molecular formula is C23H43N3O11. The van der Waals surface area contributed by atoms with E-state index in [1.807, 2.05) is 0 Å². The summed E-state index contributed by atoms with van der Waals surface area (Å²) in [5.41, 5.74) is 8.77. The first-order chi connectivity index (χ1) is 18.1. The first kappa shape index (κ1) is 35.2. The Balaban J connectivity index is 3.16. The topological polar surface area (TPSA) is 158 Å². The van der Waals surface area contributed by atoms with Crippen LogP contribution in [0.4, 0.5) is 0 Å². The Labute approximate surface area is 219 Å². The average molecular weight is 538 g/mol. The lowest BCUT2D eigenvalue weighted by Gasteiger charge is -2.11. The Morgan fingerprint density at radius 2 is 1.05 bits per heavy atom. The van der Waals surface area contributed by atoms with Gasteiger partial charge in [-0.05, 0) is 12.5 Å². The number of carbonyl (C=O) groups excluding carboxylic acids is 1. The van der Waals surface area contributed by atoms with Crippen LogP contribution in [0.25, 0.3) is 10.4 Å². The molecule has 14 heteroatoms. The van der Waals surface area contributed by atoms with Crippen molar-refractivity contribution in [2.75, 3.05) is 119 Å². The van der Waals surface area contributed by atoms with Crippen LogP contribution in [0.1, 0.15) is 6.92 Å². The molecule has 0 aromatic heterocycles. The molecule has 216 valence electrons. The van der Waals surface area contributed by atoms with Gasteiger partial charge in [0.25, 0.3) is 0 Å². The van der Waals surface area contributed by atoms with Crippen molar-refractivity contribution in [3.63, 3.8) is 0 Å². The molecule has 0 rings (SSSR count). The number of hydrogen-bond acceptors (Lipinski definition) is 12. The predicted molar refractivity (Wildman–Crippen MR) is 132 cm³/mol. The predicted octanol–water partition coefficient (Wildman–Crippen LogP) is 1.52. The summed E-state index contributed by atoms with van der Waals surface area (Å²) in [4.78, 5) is 13.8. The van der Waals surface area contributed by atoms with Gasteiger partial charge in [0.1, 0.15) is 6.61 Å². The molecule has 0 saturated carbocycles. The molecule has 1 atom stereocenters. The fourth-order valence-electron chi connectivity index (χ4n) is 2.30. The van der Waals surface area contributed by atoms with Crippen molar-refractivity contribution in [3.05, 3.63) is 22.6 Å². The first-order valence-corrected chi connectivity index (χ1v) is 12.1. The monoisotopic (exact) mass is 537 g/mol. The molecular weight excluding hydrogens is 494 g/mol. The minimum Gasteiger partial charge on any atom is -0.460 e. The van der Waals surface area contributed by atoms with Crippen molar-refractivity contribution in [1.82, 2.24) is 0 Å². The number of ether oxygens (including phenoxy) is 10. The van der Waals surface area contributed by atoms with Crippen molar-refractivity contribution < 1.29 is 52.2 Å². The van der Waals surface area contributed by atoms with E-state index in [4.69, 9.17) is 52.9 Å². The second-order valence-corrected chi connectivity index (χ2v) is 7.19. The maximum atomic E-state index is 11.2. The third kappa shape index (κ3) is 27.0. The van der Waals surface area contributed by atoms with E-state index in [1.54, 1.807) is 6.92 Å². The molecule has 0 fully saturated rings. The van der Waals surface area contributed by atoms with Gasteiger partial charge < -0.3 is 47.4 Å². The summed E-state index contributed by atoms with van der Waals surface area (Å²) in [7, 11) is 1.50. The van der Waals surface area contributed by atoms with Gasteiger partial charge in [-0.2, -0.15) is 0 Å². The normalized spacial score (nSPS) is 11.7. The van der Waals surface area contributed by atoms with Crippen LogP contribution >= 0.6 is 0 Å². The van der Waals surface area contributed by atoms with Gasteiger partial charge in [0, 0.05) is 17.6 Å². The van der Waals surface area contributed by atoms with Crippen LogP contribution in [0.15, 0.2) is 17.3 Å². The van der Waals surface area contributed by atoms with Gasteiger partial charge in [0.2, 0.25) is 0 Å². The third-order valence-electron chi connectivity index (χ3n) is 4.07. The van der Waals surface area contributed by atoms with E-state index in [0.717, 1.165) is 0 Å². The van der Waals surface area contributed by atoms with E-state index in [0.29, 0.717) is 105 Å². The van der Waals surface area contributed by atoms with Gasteiger partial charge in [-0.25, -0.2) is 4.79 Å². The second-order valence-electron chi connectivity index (χ2n) is 7.19. The van der Waals surface area contributed by atoms with Gasteiger partial charge in [-0.3, -0.25) is 0 Å². The maximum Gasteiger partial charge on any atom is 0.333 e. The van der Waals surface area contributed by atoms with E-state index in [1.165, 1.54) is 7.11 Å². The van der Waals surface area contributed by atoms with Gasteiger partial charge in [-0.15, -0.1) is 0 Å². The number of hydrogen-bond donors (Lipinski definition) is 0. The van der Waals surface area contributed by atoms with Gasteiger partial charge in [0.05, 0.1) is 106 Å². The largest absolute Gasteiger partial charge is 0.460 e. The summed E-state index contributed by atoms with van der Waals surface area (Å²) in [6.45, 7) is 11.9. The average Bonchev–Trinajstić information content (AvgIpc) is 2.88. The second kappa shape index (κ2) is 28.7. The first-order valence-electron chi connectivity index (χ1n) is 12.1. The lowest BCUT2D eigenvalue weighted by molar-refractivity contribution is -0.140. The van der Waals surface area contributed by atoms with Crippen molar-refractivity contribution in [3.8, 4) is 0 Å². The quantitative estimate of drug-likeness (QED) is 0.0340. The molecule has 0 saturated heterocycles. The molecule has 0 aromatic rings. The molecule has 1 unspecified atom stereocenters. The summed E-state index contributed by atoms with van der Waals surface area (Å²) in [6, 6.07) is 0. The number of rotatable bonds is 29. The Kier molecular flexibility index (Phi) is 27.3. The smallest absolute Gasteiger partial charge is 0.333 e. The fraction of sp³-hybridized carbons (Fsp3) is 0.870. The standard InChI is InChI=1S/C23H43N3O11/c1-21(2)23(27)37-19-17-35-15-13-33-11-9-31-7-5-29-4-6-30-8-10-32-12-14-34-16-18-36-22(20-28-3)25-26-24/h22H,1,4-20H2,2-3H3. The zero-order valence-corrected chi connectivity index (χ0v) is 22.1. The van der Waals surface area contributed by atoms with Crippen LogP contribution in [0.3, 0.4) is 0 Å². The molecule has 0 aromatic carbocycles. The number of azide groups is 1. The molecule has 0 radical (unpaired) electrons. The van der Waals surface area contributed by atoms with E-state index >= 15 is 0 Å². The van der Waals surface area contributed by atoms with Crippen LogP contribution in [0.5, 0.6) is 0 Å². The number of carbonyl (C=O) groups is 1. The lowest BCUT2D eigenvalue weighted by Crippen LogP contribution is -2.19. The Hall–Kier alpha value is -1.84. The molecule has 0 aliphatic carbocycles. The van der Waals surface area contributed by atoms with Crippen LogP contribution in [-0.4, -0.2) is 132 Å². The zero-order chi connectivity index (χ0) is 27.2. The molecule has 0 bridgehead atoms. The van der Waals surface area contributed by atoms with E-state index in [2.05, 4.69) is 16.6 Å². The van der Waals surface area contributed by atoms with Crippen LogP contribution in [-0.2, 0) is 52.2 Å². The highest BCUT2D eigenvalue weighted by Gasteiger charge is 2.05. The minimum atomic E-state index is -0.653. The Morgan fingerprint density at radius 1 is 0.703 bits per heavy atom. The molecule has 0 heterocycles. The molecule has 0 aliphatic rings. The highest BCUT2D eigenvalue weighted by Crippen LogP contribution is 1.96.